The van der Waals surface area contributed by atoms with Crippen LogP contribution in [-0.4, -0.2) is 49.6 Å². The number of halogens is 1. The van der Waals surface area contributed by atoms with Gasteiger partial charge in [-0.3, -0.25) is 4.99 Å². The Labute approximate surface area is 177 Å². The Kier molecular flexibility index (Phi) is 9.93. The summed E-state index contributed by atoms with van der Waals surface area (Å²) < 4.78 is 5.86. The van der Waals surface area contributed by atoms with Crippen LogP contribution in [-0.2, 0) is 6.42 Å². The summed E-state index contributed by atoms with van der Waals surface area (Å²) in [5.41, 5.74) is 2.29. The molecule has 0 radical (unpaired) electrons. The number of nitrogens with one attached hydrogen (secondary N) is 1. The Balaban J connectivity index is 0.00000338. The molecule has 0 aliphatic carbocycles. The van der Waals surface area contributed by atoms with Gasteiger partial charge in [0.05, 0.1) is 17.2 Å². The van der Waals surface area contributed by atoms with Gasteiger partial charge in [0.25, 0.3) is 0 Å². The molecule has 0 aliphatic heterocycles. The molecule has 2 rings (SSSR count). The Morgan fingerprint density at radius 1 is 1.27 bits per heavy atom. The summed E-state index contributed by atoms with van der Waals surface area (Å²) in [6, 6.07) is 8.08. The van der Waals surface area contributed by atoms with Gasteiger partial charge in [0.1, 0.15) is 12.4 Å². The van der Waals surface area contributed by atoms with Gasteiger partial charge in [0.2, 0.25) is 0 Å². The minimum Gasteiger partial charge on any atom is -0.491 e. The Morgan fingerprint density at radius 2 is 2.00 bits per heavy atom. The van der Waals surface area contributed by atoms with Crippen molar-refractivity contribution in [1.29, 1.82) is 0 Å². The van der Waals surface area contributed by atoms with Crippen LogP contribution in [0.5, 0.6) is 5.75 Å². The summed E-state index contributed by atoms with van der Waals surface area (Å²) in [6.45, 7) is 8.42. The molecule has 0 saturated carbocycles. The number of aliphatic imine (C=N–C) groups is 1. The van der Waals surface area contributed by atoms with Gasteiger partial charge in [-0.25, -0.2) is 4.98 Å². The standard InChI is InChI=1S/C19H28N4OS.HI/c1-14-8-6-7-9-17(14)24-13-12-23(5)19(20-4)21-11-10-18-15(2)22-16(3)25-18;/h6-9H,10-13H2,1-5H3,(H,20,21);1H. The first kappa shape index (κ1) is 22.7. The number of guanidine groups is 1. The summed E-state index contributed by atoms with van der Waals surface area (Å²) in [4.78, 5) is 12.3. The first-order chi connectivity index (χ1) is 12.0. The Hall–Kier alpha value is -1.35. The molecule has 0 bridgehead atoms. The average Bonchev–Trinajstić information content (AvgIpc) is 2.90. The summed E-state index contributed by atoms with van der Waals surface area (Å²) in [6.07, 6.45) is 0.962. The van der Waals surface area contributed by atoms with Gasteiger partial charge >= 0.3 is 0 Å². The normalized spacial score (nSPS) is 11.0. The fraction of sp³-hybridized carbons (Fsp3) is 0.474. The van der Waals surface area contributed by atoms with Crippen LogP contribution in [0.2, 0.25) is 0 Å². The second kappa shape index (κ2) is 11.4. The van der Waals surface area contributed by atoms with Crippen LogP contribution < -0.4 is 10.1 Å². The zero-order chi connectivity index (χ0) is 18.2. The predicted molar refractivity (Wildman–Crippen MR) is 121 cm³/mol. The number of aryl methyl sites for hydroxylation is 3. The van der Waals surface area contributed by atoms with Crippen LogP contribution in [0.1, 0.15) is 21.1 Å². The number of hydrogen-bond acceptors (Lipinski definition) is 4. The molecule has 2 aromatic rings. The summed E-state index contributed by atoms with van der Waals surface area (Å²) in [5, 5.41) is 4.54. The lowest BCUT2D eigenvalue weighted by atomic mass is 10.2. The third-order valence-electron chi connectivity index (χ3n) is 3.99. The lowest BCUT2D eigenvalue weighted by molar-refractivity contribution is 0.280. The van der Waals surface area contributed by atoms with E-state index in [2.05, 4.69) is 47.0 Å². The topological polar surface area (TPSA) is 49.8 Å². The van der Waals surface area contributed by atoms with Crippen LogP contribution in [0.3, 0.4) is 0 Å². The fourth-order valence-electron chi connectivity index (χ4n) is 2.59. The molecule has 144 valence electrons. The van der Waals surface area contributed by atoms with Crippen molar-refractivity contribution in [2.45, 2.75) is 27.2 Å². The number of benzene rings is 1. The average molecular weight is 488 g/mol. The quantitative estimate of drug-likeness (QED) is 0.366. The first-order valence-corrected chi connectivity index (χ1v) is 9.36. The molecule has 1 heterocycles. The lowest BCUT2D eigenvalue weighted by Crippen LogP contribution is -2.41. The second-order valence-corrected chi connectivity index (χ2v) is 7.29. The fourth-order valence-corrected chi connectivity index (χ4v) is 3.53. The maximum atomic E-state index is 5.86. The number of ether oxygens (including phenoxy) is 1. The van der Waals surface area contributed by atoms with Crippen LogP contribution >= 0.6 is 35.3 Å². The molecular weight excluding hydrogens is 459 g/mol. The lowest BCUT2D eigenvalue weighted by Gasteiger charge is -2.22. The number of nitrogens with zero attached hydrogens (tertiary/aromatic N) is 3. The highest BCUT2D eigenvalue weighted by atomic mass is 127. The molecule has 0 aliphatic rings. The number of hydrogen-bond donors (Lipinski definition) is 1. The van der Waals surface area contributed by atoms with Crippen LogP contribution in [0.4, 0.5) is 0 Å². The molecule has 0 saturated heterocycles. The summed E-state index contributed by atoms with van der Waals surface area (Å²) in [7, 11) is 3.84. The van der Waals surface area contributed by atoms with E-state index in [0.717, 1.165) is 47.5 Å². The van der Waals surface area contributed by atoms with Gasteiger partial charge in [-0.15, -0.1) is 35.3 Å². The van der Waals surface area contributed by atoms with Gasteiger partial charge in [-0.2, -0.15) is 0 Å². The molecule has 0 amide bonds. The first-order valence-electron chi connectivity index (χ1n) is 8.54. The zero-order valence-electron chi connectivity index (χ0n) is 16.2. The Morgan fingerprint density at radius 3 is 2.62 bits per heavy atom. The van der Waals surface area contributed by atoms with Crippen molar-refractivity contribution >= 4 is 41.3 Å². The number of rotatable bonds is 7. The van der Waals surface area contributed by atoms with Gasteiger partial charge < -0.3 is 15.0 Å². The van der Waals surface area contributed by atoms with Gasteiger partial charge in [0, 0.05) is 31.9 Å². The van der Waals surface area contributed by atoms with Crippen molar-refractivity contribution in [1.82, 2.24) is 15.2 Å². The monoisotopic (exact) mass is 488 g/mol. The maximum Gasteiger partial charge on any atom is 0.193 e. The molecule has 1 N–H and O–H groups in total. The second-order valence-electron chi connectivity index (χ2n) is 6.00. The molecule has 5 nitrogen and oxygen atoms in total. The third-order valence-corrected chi connectivity index (χ3v) is 5.12. The number of para-hydroxylation sites is 1. The maximum absolute atomic E-state index is 5.86. The third kappa shape index (κ3) is 6.75. The van der Waals surface area contributed by atoms with Crippen molar-refractivity contribution < 1.29 is 4.74 Å². The van der Waals surface area contributed by atoms with Gasteiger partial charge in [-0.1, -0.05) is 18.2 Å². The highest BCUT2D eigenvalue weighted by Gasteiger charge is 2.08. The highest BCUT2D eigenvalue weighted by Crippen LogP contribution is 2.17. The zero-order valence-corrected chi connectivity index (χ0v) is 19.4. The van der Waals surface area contributed by atoms with E-state index in [1.54, 1.807) is 11.3 Å². The van der Waals surface area contributed by atoms with Gasteiger partial charge in [0.15, 0.2) is 5.96 Å². The van der Waals surface area contributed by atoms with Crippen molar-refractivity contribution in [3.05, 3.63) is 45.4 Å². The van der Waals surface area contributed by atoms with Crippen LogP contribution in [0.15, 0.2) is 29.3 Å². The molecule has 0 unspecified atom stereocenters. The smallest absolute Gasteiger partial charge is 0.193 e. The predicted octanol–water partition coefficient (Wildman–Crippen LogP) is 3.82. The van der Waals surface area contributed by atoms with E-state index in [9.17, 15) is 0 Å². The van der Waals surface area contributed by atoms with Crippen molar-refractivity contribution in [3.63, 3.8) is 0 Å². The van der Waals surface area contributed by atoms with Crippen molar-refractivity contribution in [3.8, 4) is 5.75 Å². The van der Waals surface area contributed by atoms with Gasteiger partial charge in [-0.05, 0) is 32.4 Å². The van der Waals surface area contributed by atoms with E-state index in [-0.39, 0.29) is 24.0 Å². The molecule has 26 heavy (non-hydrogen) atoms. The summed E-state index contributed by atoms with van der Waals surface area (Å²) in [5.74, 6) is 1.82. The number of aromatic nitrogens is 1. The van der Waals surface area contributed by atoms with E-state index in [4.69, 9.17) is 4.74 Å². The molecule has 0 fully saturated rings. The van der Waals surface area contributed by atoms with Crippen molar-refractivity contribution in [2.24, 2.45) is 4.99 Å². The molecule has 1 aromatic carbocycles. The largest absolute Gasteiger partial charge is 0.491 e. The Bertz CT molecular complexity index is 717. The van der Waals surface area contributed by atoms with Crippen LogP contribution in [0, 0.1) is 20.8 Å². The van der Waals surface area contributed by atoms with E-state index in [1.165, 1.54) is 4.88 Å². The van der Waals surface area contributed by atoms with E-state index < -0.39 is 0 Å². The van der Waals surface area contributed by atoms with Crippen LogP contribution in [0.25, 0.3) is 0 Å². The van der Waals surface area contributed by atoms with E-state index >= 15 is 0 Å². The molecule has 0 spiro atoms. The SMILES string of the molecule is CN=C(NCCc1sc(C)nc1C)N(C)CCOc1ccccc1C.I. The van der Waals surface area contributed by atoms with Crippen molar-refractivity contribution in [2.75, 3.05) is 33.8 Å². The highest BCUT2D eigenvalue weighted by molar-refractivity contribution is 14.0. The summed E-state index contributed by atoms with van der Waals surface area (Å²) >= 11 is 1.77. The number of thiazole rings is 1. The molecule has 1 aromatic heterocycles. The minimum absolute atomic E-state index is 0. The minimum atomic E-state index is 0. The van der Waals surface area contributed by atoms with E-state index in [0.29, 0.717) is 6.61 Å². The molecule has 0 atom stereocenters. The van der Waals surface area contributed by atoms with E-state index in [1.807, 2.05) is 32.3 Å². The number of likely N-dealkylation sites (N-methyl/N-ethyl adjacent to an activating group) is 1. The molecular formula is C19H29IN4OS. The molecule has 7 heteroatoms.